The van der Waals surface area contributed by atoms with Gasteiger partial charge in [0.05, 0.1) is 22.7 Å². The quantitative estimate of drug-likeness (QED) is 0.678. The van der Waals surface area contributed by atoms with E-state index in [1.807, 2.05) is 18.2 Å². The van der Waals surface area contributed by atoms with Crippen molar-refractivity contribution in [1.82, 2.24) is 15.1 Å². The van der Waals surface area contributed by atoms with Crippen molar-refractivity contribution >= 4 is 40.7 Å². The van der Waals surface area contributed by atoms with Crippen molar-refractivity contribution in [3.05, 3.63) is 62.6 Å². The van der Waals surface area contributed by atoms with Crippen LogP contribution in [0.15, 0.2) is 36.4 Å². The van der Waals surface area contributed by atoms with E-state index in [1.165, 1.54) is 7.11 Å². The number of amides is 1. The summed E-state index contributed by atoms with van der Waals surface area (Å²) >= 11 is 18.0. The first-order valence-corrected chi connectivity index (χ1v) is 10.6. The average Bonchev–Trinajstić information content (AvgIpc) is 2.71. The van der Waals surface area contributed by atoms with Gasteiger partial charge in [0.25, 0.3) is 5.91 Å². The number of hydrogen-bond donors (Lipinski definition) is 1. The molecule has 1 fully saturated rings. The summed E-state index contributed by atoms with van der Waals surface area (Å²) < 4.78 is 5.24. The van der Waals surface area contributed by atoms with E-state index in [1.54, 1.807) is 18.2 Å². The van der Waals surface area contributed by atoms with Crippen molar-refractivity contribution in [2.45, 2.75) is 6.54 Å². The van der Waals surface area contributed by atoms with Crippen LogP contribution >= 0.6 is 34.8 Å². The van der Waals surface area contributed by atoms with Crippen molar-refractivity contribution in [3.8, 4) is 5.75 Å². The topological polar surface area (TPSA) is 44.8 Å². The number of nitrogens with zero attached hydrogens (tertiary/aromatic N) is 2. The summed E-state index contributed by atoms with van der Waals surface area (Å²) in [5, 5.41) is 4.67. The molecule has 1 aliphatic heterocycles. The van der Waals surface area contributed by atoms with Gasteiger partial charge in [-0.15, -0.1) is 0 Å². The van der Waals surface area contributed by atoms with E-state index in [-0.39, 0.29) is 5.91 Å². The Kier molecular flexibility index (Phi) is 8.04. The standard InChI is InChI=1S/C21H24Cl3N3O2/c1-29-20-13-16(22)3-4-17(20)21(28)25-6-7-26-8-10-27(11-9-26)14-15-2-5-18(23)19(24)12-15/h2-5,12-13H,6-11,14H2,1H3,(H,25,28). The smallest absolute Gasteiger partial charge is 0.255 e. The van der Waals surface area contributed by atoms with Gasteiger partial charge in [-0.1, -0.05) is 40.9 Å². The minimum absolute atomic E-state index is 0.156. The molecular weight excluding hydrogens is 433 g/mol. The SMILES string of the molecule is COc1cc(Cl)ccc1C(=O)NCCN1CCN(Cc2ccc(Cl)c(Cl)c2)CC1. The second-order valence-corrected chi connectivity index (χ2v) is 8.22. The Morgan fingerprint density at radius 1 is 1.00 bits per heavy atom. The van der Waals surface area contributed by atoms with E-state index in [0.717, 1.165) is 44.8 Å². The molecule has 1 saturated heterocycles. The molecule has 0 aliphatic carbocycles. The van der Waals surface area contributed by atoms with Gasteiger partial charge in [0.15, 0.2) is 0 Å². The molecule has 0 unspecified atom stereocenters. The van der Waals surface area contributed by atoms with Crippen LogP contribution in [0.4, 0.5) is 0 Å². The van der Waals surface area contributed by atoms with Crippen LogP contribution in [0.1, 0.15) is 15.9 Å². The lowest BCUT2D eigenvalue weighted by atomic mass is 10.2. The number of nitrogens with one attached hydrogen (secondary N) is 1. The first-order chi connectivity index (χ1) is 14.0. The second kappa shape index (κ2) is 10.5. The zero-order chi connectivity index (χ0) is 20.8. The van der Waals surface area contributed by atoms with Gasteiger partial charge < -0.3 is 10.1 Å². The highest BCUT2D eigenvalue weighted by Gasteiger charge is 2.18. The van der Waals surface area contributed by atoms with Gasteiger partial charge in [0.1, 0.15) is 5.75 Å². The Morgan fingerprint density at radius 2 is 1.72 bits per heavy atom. The number of rotatable bonds is 7. The maximum absolute atomic E-state index is 12.4. The monoisotopic (exact) mass is 455 g/mol. The molecule has 8 heteroatoms. The minimum Gasteiger partial charge on any atom is -0.496 e. The number of halogens is 3. The summed E-state index contributed by atoms with van der Waals surface area (Å²) in [6.07, 6.45) is 0. The highest BCUT2D eigenvalue weighted by Crippen LogP contribution is 2.24. The number of piperazine rings is 1. The molecule has 156 valence electrons. The predicted octanol–water partition coefficient (Wildman–Crippen LogP) is 4.20. The molecule has 0 spiro atoms. The van der Waals surface area contributed by atoms with Gasteiger partial charge in [0.2, 0.25) is 0 Å². The molecule has 5 nitrogen and oxygen atoms in total. The van der Waals surface area contributed by atoms with Crippen LogP contribution in [0, 0.1) is 0 Å². The molecule has 0 aromatic heterocycles. The Hall–Kier alpha value is -1.50. The van der Waals surface area contributed by atoms with Crippen LogP contribution in [0.5, 0.6) is 5.75 Å². The summed E-state index contributed by atoms with van der Waals surface area (Å²) in [5.41, 5.74) is 1.65. The molecule has 29 heavy (non-hydrogen) atoms. The van der Waals surface area contributed by atoms with Crippen molar-refractivity contribution in [2.75, 3.05) is 46.4 Å². The highest BCUT2D eigenvalue weighted by molar-refractivity contribution is 6.42. The lowest BCUT2D eigenvalue weighted by Crippen LogP contribution is -2.48. The van der Waals surface area contributed by atoms with E-state index in [2.05, 4.69) is 15.1 Å². The fourth-order valence-corrected chi connectivity index (χ4v) is 3.83. The number of carbonyl (C=O) groups is 1. The Morgan fingerprint density at radius 3 is 2.41 bits per heavy atom. The predicted molar refractivity (Wildman–Crippen MR) is 119 cm³/mol. The number of hydrogen-bond acceptors (Lipinski definition) is 4. The lowest BCUT2D eigenvalue weighted by molar-refractivity contribution is 0.0931. The molecule has 0 radical (unpaired) electrons. The van der Waals surface area contributed by atoms with E-state index < -0.39 is 0 Å². The zero-order valence-electron chi connectivity index (χ0n) is 16.3. The van der Waals surface area contributed by atoms with Crippen LogP contribution in [0.3, 0.4) is 0 Å². The van der Waals surface area contributed by atoms with Crippen LogP contribution in [0.25, 0.3) is 0 Å². The third-order valence-corrected chi connectivity index (χ3v) is 5.95. The van der Waals surface area contributed by atoms with Crippen LogP contribution in [-0.4, -0.2) is 62.1 Å². The molecule has 1 amide bonds. The Balaban J connectivity index is 1.41. The van der Waals surface area contributed by atoms with Crippen molar-refractivity contribution in [2.24, 2.45) is 0 Å². The summed E-state index contributed by atoms with van der Waals surface area (Å²) in [5.74, 6) is 0.322. The summed E-state index contributed by atoms with van der Waals surface area (Å²) in [7, 11) is 1.53. The van der Waals surface area contributed by atoms with Crippen molar-refractivity contribution < 1.29 is 9.53 Å². The van der Waals surface area contributed by atoms with E-state index in [9.17, 15) is 4.79 Å². The molecular formula is C21H24Cl3N3O2. The molecule has 1 aliphatic rings. The van der Waals surface area contributed by atoms with E-state index in [0.29, 0.717) is 32.9 Å². The number of carbonyl (C=O) groups excluding carboxylic acids is 1. The van der Waals surface area contributed by atoms with Gasteiger partial charge in [-0.25, -0.2) is 0 Å². The summed E-state index contributed by atoms with van der Waals surface area (Å²) in [6, 6.07) is 10.8. The fraction of sp³-hybridized carbons (Fsp3) is 0.381. The first-order valence-electron chi connectivity index (χ1n) is 9.46. The molecule has 3 rings (SSSR count). The Labute approximate surface area is 186 Å². The Bertz CT molecular complexity index is 855. The normalized spacial score (nSPS) is 15.3. The van der Waals surface area contributed by atoms with Gasteiger partial charge in [-0.05, 0) is 35.9 Å². The number of ether oxygens (including phenoxy) is 1. The molecule has 1 N–H and O–H groups in total. The minimum atomic E-state index is -0.156. The number of benzene rings is 2. The van der Waals surface area contributed by atoms with Crippen molar-refractivity contribution in [3.63, 3.8) is 0 Å². The van der Waals surface area contributed by atoms with Crippen LogP contribution in [0.2, 0.25) is 15.1 Å². The van der Waals surface area contributed by atoms with Crippen LogP contribution in [-0.2, 0) is 6.54 Å². The molecule has 2 aromatic rings. The average molecular weight is 457 g/mol. The summed E-state index contributed by atoms with van der Waals surface area (Å²) in [4.78, 5) is 17.2. The van der Waals surface area contributed by atoms with Crippen molar-refractivity contribution in [1.29, 1.82) is 0 Å². The highest BCUT2D eigenvalue weighted by atomic mass is 35.5. The zero-order valence-corrected chi connectivity index (χ0v) is 18.5. The lowest BCUT2D eigenvalue weighted by Gasteiger charge is -2.34. The third kappa shape index (κ3) is 6.24. The van der Waals surface area contributed by atoms with E-state index in [4.69, 9.17) is 39.5 Å². The first kappa shape index (κ1) is 22.2. The molecule has 0 atom stereocenters. The summed E-state index contributed by atoms with van der Waals surface area (Å²) in [6.45, 7) is 6.11. The largest absolute Gasteiger partial charge is 0.496 e. The molecule has 1 heterocycles. The maximum Gasteiger partial charge on any atom is 0.255 e. The molecule has 0 saturated carbocycles. The van der Waals surface area contributed by atoms with Gasteiger partial charge in [-0.2, -0.15) is 0 Å². The maximum atomic E-state index is 12.4. The van der Waals surface area contributed by atoms with Gasteiger partial charge in [0, 0.05) is 50.8 Å². The van der Waals surface area contributed by atoms with E-state index >= 15 is 0 Å². The second-order valence-electron chi connectivity index (χ2n) is 6.97. The fourth-order valence-electron chi connectivity index (χ4n) is 3.34. The number of methoxy groups -OCH3 is 1. The van der Waals surface area contributed by atoms with Crippen LogP contribution < -0.4 is 10.1 Å². The molecule has 2 aromatic carbocycles. The third-order valence-electron chi connectivity index (χ3n) is 4.98. The molecule has 0 bridgehead atoms. The van der Waals surface area contributed by atoms with Gasteiger partial charge >= 0.3 is 0 Å². The van der Waals surface area contributed by atoms with Gasteiger partial charge in [-0.3, -0.25) is 14.6 Å².